The van der Waals surface area contributed by atoms with E-state index in [-0.39, 0.29) is 5.54 Å². The average Bonchev–Trinajstić information content (AvgIpc) is 2.73. The third-order valence-electron chi connectivity index (χ3n) is 9.40. The van der Waals surface area contributed by atoms with E-state index in [1.165, 1.54) is 57.8 Å². The second-order valence-corrected chi connectivity index (χ2v) is 10.8. The van der Waals surface area contributed by atoms with Crippen molar-refractivity contribution in [3.05, 3.63) is 0 Å². The van der Waals surface area contributed by atoms with Crippen molar-refractivity contribution in [2.45, 2.75) is 105 Å². The maximum Gasteiger partial charge on any atom is 0.0237 e. The van der Waals surface area contributed by atoms with Crippen molar-refractivity contribution in [2.24, 2.45) is 39.7 Å². The molecule has 3 rings (SSSR count). The molecule has 134 valence electrons. The fraction of sp³-hybridized carbons (Fsp3) is 1.00. The fourth-order valence-corrected chi connectivity index (χ4v) is 7.53. The Morgan fingerprint density at radius 3 is 2.22 bits per heavy atom. The van der Waals surface area contributed by atoms with E-state index >= 15 is 0 Å². The summed E-state index contributed by atoms with van der Waals surface area (Å²) in [5.74, 6) is 2.46. The molecule has 3 fully saturated rings. The third-order valence-corrected chi connectivity index (χ3v) is 9.40. The number of hydrogen-bond donors (Lipinski definition) is 1. The summed E-state index contributed by atoms with van der Waals surface area (Å²) in [5.41, 5.74) is 8.66. The average molecular weight is 320 g/mol. The molecule has 23 heavy (non-hydrogen) atoms. The minimum absolute atomic E-state index is 0.0705. The lowest BCUT2D eigenvalue weighted by molar-refractivity contribution is -0.139. The summed E-state index contributed by atoms with van der Waals surface area (Å²) < 4.78 is 0. The number of rotatable bonds is 2. The van der Waals surface area contributed by atoms with Crippen LogP contribution in [0.1, 0.15) is 99.3 Å². The SMILES string of the molecule is CCC1C([C@@]2(N)CCCC2(C)C)CC[C@]2(C)C[C@H](C)CC[C@]12C. The van der Waals surface area contributed by atoms with E-state index in [1.807, 2.05) is 0 Å². The molecular formula is C22H41N. The van der Waals surface area contributed by atoms with Crippen LogP contribution < -0.4 is 5.73 Å². The first-order chi connectivity index (χ1) is 10.6. The van der Waals surface area contributed by atoms with Crippen molar-refractivity contribution in [1.82, 2.24) is 0 Å². The molecule has 0 aromatic heterocycles. The van der Waals surface area contributed by atoms with Crippen molar-refractivity contribution in [3.63, 3.8) is 0 Å². The quantitative estimate of drug-likeness (QED) is 0.647. The van der Waals surface area contributed by atoms with E-state index < -0.39 is 0 Å². The zero-order valence-electron chi connectivity index (χ0n) is 16.7. The lowest BCUT2D eigenvalue weighted by Gasteiger charge is -2.64. The van der Waals surface area contributed by atoms with Crippen LogP contribution >= 0.6 is 0 Å². The highest BCUT2D eigenvalue weighted by molar-refractivity contribution is 5.14. The van der Waals surface area contributed by atoms with Gasteiger partial charge in [-0.2, -0.15) is 0 Å². The predicted molar refractivity (Wildman–Crippen MR) is 100 cm³/mol. The first kappa shape index (κ1) is 17.8. The monoisotopic (exact) mass is 319 g/mol. The first-order valence-electron chi connectivity index (χ1n) is 10.4. The molecule has 0 heterocycles. The van der Waals surface area contributed by atoms with Gasteiger partial charge in [-0.1, -0.05) is 60.8 Å². The number of hydrogen-bond acceptors (Lipinski definition) is 1. The molecule has 2 N–H and O–H groups in total. The van der Waals surface area contributed by atoms with Crippen molar-refractivity contribution in [3.8, 4) is 0 Å². The maximum absolute atomic E-state index is 7.23. The van der Waals surface area contributed by atoms with Crippen LogP contribution in [0.15, 0.2) is 0 Å². The van der Waals surface area contributed by atoms with Crippen molar-refractivity contribution in [1.29, 1.82) is 0 Å². The molecule has 3 aliphatic rings. The van der Waals surface area contributed by atoms with Crippen LogP contribution in [0.25, 0.3) is 0 Å². The molecule has 0 aromatic carbocycles. The molecule has 6 atom stereocenters. The lowest BCUT2D eigenvalue weighted by Crippen LogP contribution is -2.63. The molecule has 0 bridgehead atoms. The standard InChI is InChI=1S/C22H41N/c1-7-17-18(22(23)12-8-11-19(22,3)4)10-13-20(5)15-16(2)9-14-21(17,20)6/h16-18H,7-15,23H2,1-6H3/t16-,17?,18?,20-,21-,22+/m1/s1. The molecule has 2 unspecified atom stereocenters. The Labute approximate surface area is 145 Å². The highest BCUT2D eigenvalue weighted by Crippen LogP contribution is 2.67. The maximum atomic E-state index is 7.23. The molecule has 0 radical (unpaired) electrons. The normalized spacial score (nSPS) is 53.1. The van der Waals surface area contributed by atoms with Crippen molar-refractivity contribution in [2.75, 3.05) is 0 Å². The second-order valence-electron chi connectivity index (χ2n) is 10.8. The van der Waals surface area contributed by atoms with Crippen LogP contribution in [-0.4, -0.2) is 5.54 Å². The Kier molecular flexibility index (Phi) is 4.23. The van der Waals surface area contributed by atoms with Gasteiger partial charge in [0.1, 0.15) is 0 Å². The lowest BCUT2D eigenvalue weighted by atomic mass is 9.41. The van der Waals surface area contributed by atoms with Gasteiger partial charge in [0.15, 0.2) is 0 Å². The molecule has 0 aromatic rings. The predicted octanol–water partition coefficient (Wildman–Crippen LogP) is 6.16. The van der Waals surface area contributed by atoms with E-state index in [2.05, 4.69) is 41.5 Å². The molecule has 0 saturated heterocycles. The number of fused-ring (bicyclic) bond motifs is 1. The van der Waals surface area contributed by atoms with Crippen LogP contribution in [0.4, 0.5) is 0 Å². The highest BCUT2D eigenvalue weighted by Gasteiger charge is 2.62. The molecule has 0 aliphatic heterocycles. The van der Waals surface area contributed by atoms with Crippen LogP contribution in [0.2, 0.25) is 0 Å². The van der Waals surface area contributed by atoms with E-state index in [1.54, 1.807) is 0 Å². The Morgan fingerprint density at radius 1 is 0.957 bits per heavy atom. The fourth-order valence-electron chi connectivity index (χ4n) is 7.53. The summed E-state index contributed by atoms with van der Waals surface area (Å²) in [6.07, 6.45) is 12.3. The van der Waals surface area contributed by atoms with E-state index in [0.29, 0.717) is 16.2 Å². The molecule has 1 nitrogen and oxygen atoms in total. The Balaban J connectivity index is 1.97. The summed E-state index contributed by atoms with van der Waals surface area (Å²) in [4.78, 5) is 0. The largest absolute Gasteiger partial charge is 0.324 e. The van der Waals surface area contributed by atoms with Crippen LogP contribution in [0.5, 0.6) is 0 Å². The molecule has 0 amide bonds. The van der Waals surface area contributed by atoms with Gasteiger partial charge in [-0.25, -0.2) is 0 Å². The highest BCUT2D eigenvalue weighted by atomic mass is 14.9. The zero-order valence-corrected chi connectivity index (χ0v) is 16.7. The van der Waals surface area contributed by atoms with E-state index in [0.717, 1.165) is 17.8 Å². The van der Waals surface area contributed by atoms with Gasteiger partial charge >= 0.3 is 0 Å². The van der Waals surface area contributed by atoms with Crippen LogP contribution in [-0.2, 0) is 0 Å². The van der Waals surface area contributed by atoms with Gasteiger partial charge in [0.2, 0.25) is 0 Å². The molecule has 3 aliphatic carbocycles. The van der Waals surface area contributed by atoms with Gasteiger partial charge < -0.3 is 5.73 Å². The summed E-state index contributed by atoms with van der Waals surface area (Å²) in [5, 5.41) is 0. The van der Waals surface area contributed by atoms with Gasteiger partial charge in [-0.15, -0.1) is 0 Å². The summed E-state index contributed by atoms with van der Waals surface area (Å²) in [6, 6.07) is 0. The molecular weight excluding hydrogens is 278 g/mol. The summed E-state index contributed by atoms with van der Waals surface area (Å²) >= 11 is 0. The van der Waals surface area contributed by atoms with Crippen molar-refractivity contribution < 1.29 is 0 Å². The van der Waals surface area contributed by atoms with Gasteiger partial charge in [0.05, 0.1) is 0 Å². The van der Waals surface area contributed by atoms with Gasteiger partial charge in [-0.05, 0) is 72.5 Å². The number of nitrogens with two attached hydrogens (primary N) is 1. The minimum atomic E-state index is 0.0705. The van der Waals surface area contributed by atoms with E-state index in [9.17, 15) is 0 Å². The first-order valence-corrected chi connectivity index (χ1v) is 10.4. The third kappa shape index (κ3) is 2.35. The Hall–Kier alpha value is -0.0400. The topological polar surface area (TPSA) is 26.0 Å². The van der Waals surface area contributed by atoms with Gasteiger partial charge in [0.25, 0.3) is 0 Å². The van der Waals surface area contributed by atoms with Crippen LogP contribution in [0, 0.1) is 34.0 Å². The minimum Gasteiger partial charge on any atom is -0.324 e. The molecule has 3 saturated carbocycles. The summed E-state index contributed by atoms with van der Waals surface area (Å²) in [6.45, 7) is 15.1. The zero-order chi connectivity index (χ0) is 17.1. The van der Waals surface area contributed by atoms with Gasteiger partial charge in [-0.3, -0.25) is 0 Å². The Bertz CT molecular complexity index is 455. The molecule has 0 spiro atoms. The smallest absolute Gasteiger partial charge is 0.0237 e. The van der Waals surface area contributed by atoms with Gasteiger partial charge in [0, 0.05) is 5.54 Å². The van der Waals surface area contributed by atoms with Crippen LogP contribution in [0.3, 0.4) is 0 Å². The summed E-state index contributed by atoms with van der Waals surface area (Å²) in [7, 11) is 0. The van der Waals surface area contributed by atoms with E-state index in [4.69, 9.17) is 5.73 Å². The molecule has 1 heteroatoms. The van der Waals surface area contributed by atoms with Crippen molar-refractivity contribution >= 4 is 0 Å². The Morgan fingerprint density at radius 2 is 1.65 bits per heavy atom. The second kappa shape index (κ2) is 5.48.